The number of likely N-dealkylation sites (tertiary alicyclic amines) is 1. The van der Waals surface area contributed by atoms with Crippen molar-refractivity contribution in [3.05, 3.63) is 46.9 Å². The van der Waals surface area contributed by atoms with Crippen LogP contribution in [0.4, 0.5) is 4.39 Å². The number of carboxylic acid groups (broad SMARTS) is 1. The second kappa shape index (κ2) is 15.9. The molecule has 10 heteroatoms. The molecule has 2 fully saturated rings. The highest BCUT2D eigenvalue weighted by Crippen LogP contribution is 2.39. The first-order chi connectivity index (χ1) is 20.2. The molecule has 232 valence electrons. The molecule has 1 saturated carbocycles. The predicted octanol–water partition coefficient (Wildman–Crippen LogP) is 7.14. The van der Waals surface area contributed by atoms with Gasteiger partial charge in [-0.1, -0.05) is 49.7 Å². The number of hydrogen-bond acceptors (Lipinski definition) is 7. The van der Waals surface area contributed by atoms with Gasteiger partial charge in [0.2, 0.25) is 0 Å². The van der Waals surface area contributed by atoms with Crippen LogP contribution in [0.1, 0.15) is 125 Å². The number of carbonyl (C=O) groups excluding carboxylic acids is 1. The fraction of sp³-hybridized carbons (Fsp3) is 0.625. The van der Waals surface area contributed by atoms with Crippen molar-refractivity contribution < 1.29 is 23.6 Å². The Morgan fingerprint density at radius 1 is 1.10 bits per heavy atom. The summed E-state index contributed by atoms with van der Waals surface area (Å²) >= 11 is 0. The van der Waals surface area contributed by atoms with Crippen LogP contribution in [-0.4, -0.2) is 57.0 Å². The molecule has 0 amide bonds. The highest BCUT2D eigenvalue weighted by atomic mass is 19.1. The molecule has 3 heterocycles. The molecule has 3 N–H and O–H groups in total. The van der Waals surface area contributed by atoms with Crippen molar-refractivity contribution >= 4 is 23.8 Å². The third-order valence-electron chi connectivity index (χ3n) is 8.51. The van der Waals surface area contributed by atoms with E-state index in [-0.39, 0.29) is 29.9 Å². The molecule has 2 unspecified atom stereocenters. The van der Waals surface area contributed by atoms with Crippen LogP contribution in [0.2, 0.25) is 0 Å². The molecular formula is C32H48FN5O4. The summed E-state index contributed by atoms with van der Waals surface area (Å²) in [6, 6.07) is 4.33. The van der Waals surface area contributed by atoms with Crippen molar-refractivity contribution in [2.45, 2.75) is 110 Å². The maximum atomic E-state index is 15.8. The van der Waals surface area contributed by atoms with Crippen LogP contribution in [0.15, 0.2) is 22.9 Å². The number of imidazole rings is 1. The number of nitrogens with zero attached hydrogens (tertiary/aromatic N) is 3. The maximum absolute atomic E-state index is 15.8. The zero-order chi connectivity index (χ0) is 30.7. The average Bonchev–Trinajstić information content (AvgIpc) is 3.57. The standard InChI is InChI=1S/C26H41FN4.C5H5NO2.CH2O2/c1-26(2,3)31-17-11-10-14-21(31)19-15-16-20-24(22(19)27)30-25(29-20)23(28-4)18-12-8-6-5-7-9-13-18;1-4-5(2-7)3-8-6-4;2-1-3/h15-16,18,21,23,28H,5-14,17H2,1-4H3,(H,29,30);2-3H,1H3;1H,(H,2,3). The van der Waals surface area contributed by atoms with Crippen molar-refractivity contribution in [3.63, 3.8) is 0 Å². The summed E-state index contributed by atoms with van der Waals surface area (Å²) in [6.45, 7) is 9.21. The highest BCUT2D eigenvalue weighted by molar-refractivity contribution is 5.77. The van der Waals surface area contributed by atoms with Crippen LogP contribution in [0.5, 0.6) is 0 Å². The fourth-order valence-corrected chi connectivity index (χ4v) is 6.37. The largest absolute Gasteiger partial charge is 0.483 e. The van der Waals surface area contributed by atoms with E-state index < -0.39 is 0 Å². The third-order valence-corrected chi connectivity index (χ3v) is 8.51. The van der Waals surface area contributed by atoms with Gasteiger partial charge in [0.25, 0.3) is 6.47 Å². The number of nitrogens with one attached hydrogen (secondary N) is 2. The lowest BCUT2D eigenvalue weighted by atomic mass is 9.85. The number of benzene rings is 1. The Hall–Kier alpha value is -3.11. The second-order valence-corrected chi connectivity index (χ2v) is 12.3. The summed E-state index contributed by atoms with van der Waals surface area (Å²) in [5, 5.41) is 13.9. The van der Waals surface area contributed by atoms with Crippen molar-refractivity contribution in [1.82, 2.24) is 25.3 Å². The van der Waals surface area contributed by atoms with Crippen molar-refractivity contribution in [3.8, 4) is 0 Å². The number of hydrogen-bond donors (Lipinski definition) is 3. The second-order valence-electron chi connectivity index (χ2n) is 12.3. The Bertz CT molecular complexity index is 1260. The van der Waals surface area contributed by atoms with Crippen LogP contribution in [0, 0.1) is 18.7 Å². The number of aromatic amines is 1. The number of halogens is 1. The van der Waals surface area contributed by atoms with Crippen molar-refractivity contribution in [1.29, 1.82) is 0 Å². The topological polar surface area (TPSA) is 124 Å². The van der Waals surface area contributed by atoms with Gasteiger partial charge in [-0.15, -0.1) is 0 Å². The summed E-state index contributed by atoms with van der Waals surface area (Å²) in [6.07, 6.45) is 14.4. The van der Waals surface area contributed by atoms with Gasteiger partial charge in [0, 0.05) is 17.1 Å². The van der Waals surface area contributed by atoms with Gasteiger partial charge in [-0.3, -0.25) is 14.5 Å². The zero-order valence-electron chi connectivity index (χ0n) is 25.8. The van der Waals surface area contributed by atoms with E-state index in [9.17, 15) is 4.79 Å². The van der Waals surface area contributed by atoms with Gasteiger partial charge >= 0.3 is 0 Å². The minimum Gasteiger partial charge on any atom is -0.483 e. The minimum absolute atomic E-state index is 0.0264. The Labute approximate surface area is 248 Å². The van der Waals surface area contributed by atoms with Crippen LogP contribution in [0.25, 0.3) is 11.0 Å². The van der Waals surface area contributed by atoms with E-state index >= 15 is 4.39 Å². The molecule has 3 aromatic rings. The number of rotatable bonds is 5. The molecule has 0 radical (unpaired) electrons. The quantitative estimate of drug-likeness (QED) is 0.270. The van der Waals surface area contributed by atoms with Crippen LogP contribution >= 0.6 is 0 Å². The molecule has 0 bridgehead atoms. The summed E-state index contributed by atoms with van der Waals surface area (Å²) in [7, 11) is 2.02. The van der Waals surface area contributed by atoms with E-state index in [2.05, 4.69) is 45.7 Å². The number of H-pyrrole nitrogens is 1. The van der Waals surface area contributed by atoms with Gasteiger partial charge in [0.1, 0.15) is 17.6 Å². The Kier molecular flexibility index (Phi) is 12.7. The Morgan fingerprint density at radius 2 is 1.74 bits per heavy atom. The van der Waals surface area contributed by atoms with Gasteiger partial charge < -0.3 is 19.9 Å². The molecule has 42 heavy (non-hydrogen) atoms. The normalized spacial score (nSPS) is 19.4. The molecule has 1 aliphatic heterocycles. The van der Waals surface area contributed by atoms with Gasteiger partial charge in [0.05, 0.1) is 22.8 Å². The summed E-state index contributed by atoms with van der Waals surface area (Å²) in [4.78, 5) is 29.1. The van der Waals surface area contributed by atoms with Crippen LogP contribution in [0.3, 0.4) is 0 Å². The molecule has 2 aliphatic rings. The molecule has 5 rings (SSSR count). The van der Waals surface area contributed by atoms with Gasteiger partial charge in [-0.25, -0.2) is 9.37 Å². The molecule has 0 spiro atoms. The zero-order valence-corrected chi connectivity index (χ0v) is 25.8. The first kappa shape index (κ1) is 33.4. The van der Waals surface area contributed by atoms with E-state index in [1.807, 2.05) is 19.2 Å². The Morgan fingerprint density at radius 3 is 2.29 bits per heavy atom. The minimum atomic E-state index is -0.250. The number of fused-ring (bicyclic) bond motifs is 1. The lowest BCUT2D eigenvalue weighted by Gasteiger charge is -2.45. The highest BCUT2D eigenvalue weighted by Gasteiger charge is 2.34. The maximum Gasteiger partial charge on any atom is 0.290 e. The predicted molar refractivity (Wildman–Crippen MR) is 162 cm³/mol. The number of piperidine rings is 1. The molecule has 2 atom stereocenters. The van der Waals surface area contributed by atoms with E-state index in [0.717, 1.165) is 36.3 Å². The monoisotopic (exact) mass is 585 g/mol. The summed E-state index contributed by atoms with van der Waals surface area (Å²) in [5.74, 6) is 1.33. The first-order valence-electron chi connectivity index (χ1n) is 15.2. The smallest absolute Gasteiger partial charge is 0.290 e. The van der Waals surface area contributed by atoms with Gasteiger partial charge in [-0.05, 0) is 79.0 Å². The Balaban J connectivity index is 0.000000372. The number of carbonyl (C=O) groups is 2. The first-order valence-corrected chi connectivity index (χ1v) is 15.2. The molecular weight excluding hydrogens is 537 g/mol. The average molecular weight is 586 g/mol. The van der Waals surface area contributed by atoms with Crippen molar-refractivity contribution in [2.75, 3.05) is 13.6 Å². The fourth-order valence-electron chi connectivity index (χ4n) is 6.37. The molecule has 2 aromatic heterocycles. The molecule has 9 nitrogen and oxygen atoms in total. The summed E-state index contributed by atoms with van der Waals surface area (Å²) < 4.78 is 20.3. The van der Waals surface area contributed by atoms with E-state index in [1.54, 1.807) is 6.92 Å². The lowest BCUT2D eigenvalue weighted by molar-refractivity contribution is -0.122. The number of aryl methyl sites for hydroxylation is 1. The third kappa shape index (κ3) is 8.47. The summed E-state index contributed by atoms with van der Waals surface area (Å²) in [5.41, 5.74) is 3.33. The van der Waals surface area contributed by atoms with Gasteiger partial charge in [-0.2, -0.15) is 0 Å². The van der Waals surface area contributed by atoms with E-state index in [0.29, 0.717) is 29.0 Å². The van der Waals surface area contributed by atoms with Gasteiger partial charge in [0.15, 0.2) is 12.1 Å². The van der Waals surface area contributed by atoms with E-state index in [1.165, 1.54) is 57.6 Å². The van der Waals surface area contributed by atoms with Crippen LogP contribution < -0.4 is 5.32 Å². The SMILES string of the molecule is CNC(c1nc2c(F)c(C3CCCCN3C(C)(C)C)ccc2[nH]1)C1CCCCCCC1.Cc1nocc1C=O.O=CO. The number of aldehydes is 1. The van der Waals surface area contributed by atoms with Crippen LogP contribution in [-0.2, 0) is 4.79 Å². The molecule has 1 aliphatic carbocycles. The number of aromatic nitrogens is 3. The van der Waals surface area contributed by atoms with E-state index in [4.69, 9.17) is 14.9 Å². The van der Waals surface area contributed by atoms with Crippen molar-refractivity contribution in [2.24, 2.45) is 5.92 Å². The lowest BCUT2D eigenvalue weighted by Crippen LogP contribution is -2.46. The molecule has 1 aromatic carbocycles. The molecule has 1 saturated heterocycles.